The second kappa shape index (κ2) is 7.63. The van der Waals surface area contributed by atoms with Crippen molar-refractivity contribution in [3.05, 3.63) is 65.7 Å². The summed E-state index contributed by atoms with van der Waals surface area (Å²) in [5, 5.41) is 17.0. The van der Waals surface area contributed by atoms with Crippen LogP contribution in [0.3, 0.4) is 0 Å². The number of hydrogen-bond donors (Lipinski definition) is 1. The standard InChI is InChI=1S/C24H22N2O/c25-16-19(24(27)26-20-10-2-1-3-11-20)15-23-21-12-6-4-8-17(21)14-18-9-5-7-13-22(18)23/h4-9,12-15,20H,1-3,10-11H2,(H,26,27)/b19-15-. The smallest absolute Gasteiger partial charge is 0.262 e. The van der Waals surface area contributed by atoms with Gasteiger partial charge in [0.1, 0.15) is 11.6 Å². The van der Waals surface area contributed by atoms with Gasteiger partial charge in [0.2, 0.25) is 0 Å². The molecule has 1 N–H and O–H groups in total. The molecule has 1 aliphatic rings. The molecule has 3 aromatic rings. The van der Waals surface area contributed by atoms with Gasteiger partial charge < -0.3 is 5.32 Å². The van der Waals surface area contributed by atoms with Crippen LogP contribution in [0.15, 0.2) is 60.2 Å². The van der Waals surface area contributed by atoms with Crippen molar-refractivity contribution in [3.8, 4) is 6.07 Å². The van der Waals surface area contributed by atoms with Crippen molar-refractivity contribution in [2.75, 3.05) is 0 Å². The summed E-state index contributed by atoms with van der Waals surface area (Å²) in [5.41, 5.74) is 1.10. The van der Waals surface area contributed by atoms with Crippen LogP contribution in [0.4, 0.5) is 0 Å². The van der Waals surface area contributed by atoms with E-state index < -0.39 is 0 Å². The van der Waals surface area contributed by atoms with Crippen molar-refractivity contribution in [1.29, 1.82) is 5.26 Å². The van der Waals surface area contributed by atoms with Crippen LogP contribution < -0.4 is 5.32 Å². The third kappa shape index (κ3) is 3.57. The highest BCUT2D eigenvalue weighted by Gasteiger charge is 2.18. The van der Waals surface area contributed by atoms with E-state index in [0.29, 0.717) is 0 Å². The summed E-state index contributed by atoms with van der Waals surface area (Å²) in [6.45, 7) is 0. The molecule has 0 spiro atoms. The Morgan fingerprint density at radius 3 is 2.15 bits per heavy atom. The normalized spacial score (nSPS) is 15.6. The van der Waals surface area contributed by atoms with Gasteiger partial charge in [-0.25, -0.2) is 0 Å². The van der Waals surface area contributed by atoms with E-state index >= 15 is 0 Å². The van der Waals surface area contributed by atoms with Gasteiger partial charge in [-0.1, -0.05) is 67.8 Å². The molecular formula is C24H22N2O. The van der Waals surface area contributed by atoms with Crippen LogP contribution in [0.25, 0.3) is 27.6 Å². The Morgan fingerprint density at radius 2 is 1.56 bits per heavy atom. The first-order chi connectivity index (χ1) is 13.3. The summed E-state index contributed by atoms with van der Waals surface area (Å²) in [4.78, 5) is 12.7. The SMILES string of the molecule is N#C/C(=C/c1c2ccccc2cc2ccccc12)C(=O)NC1CCCCC1. The second-order valence-corrected chi connectivity index (χ2v) is 7.21. The largest absolute Gasteiger partial charge is 0.349 e. The van der Waals surface area contributed by atoms with Gasteiger partial charge in [0.25, 0.3) is 5.91 Å². The third-order valence-corrected chi connectivity index (χ3v) is 5.41. The molecule has 1 fully saturated rings. The fourth-order valence-corrected chi connectivity index (χ4v) is 4.01. The van der Waals surface area contributed by atoms with E-state index in [1.807, 2.05) is 36.4 Å². The van der Waals surface area contributed by atoms with E-state index in [4.69, 9.17) is 0 Å². The molecule has 0 atom stereocenters. The maximum absolute atomic E-state index is 12.7. The number of amides is 1. The maximum Gasteiger partial charge on any atom is 0.262 e. The van der Waals surface area contributed by atoms with Gasteiger partial charge in [0.15, 0.2) is 0 Å². The Labute approximate surface area is 159 Å². The van der Waals surface area contributed by atoms with Gasteiger partial charge in [-0.15, -0.1) is 0 Å². The summed E-state index contributed by atoms with van der Waals surface area (Å²) >= 11 is 0. The monoisotopic (exact) mass is 354 g/mol. The number of hydrogen-bond acceptors (Lipinski definition) is 2. The Morgan fingerprint density at radius 1 is 0.963 bits per heavy atom. The van der Waals surface area contributed by atoms with Crippen LogP contribution >= 0.6 is 0 Å². The van der Waals surface area contributed by atoms with Crippen LogP contribution in [0.1, 0.15) is 37.7 Å². The molecule has 1 saturated carbocycles. The Kier molecular flexibility index (Phi) is 4.89. The molecule has 0 unspecified atom stereocenters. The van der Waals surface area contributed by atoms with Crippen molar-refractivity contribution >= 4 is 33.5 Å². The zero-order chi connectivity index (χ0) is 18.6. The molecule has 1 amide bonds. The average molecular weight is 354 g/mol. The van der Waals surface area contributed by atoms with Crippen LogP contribution in [0.2, 0.25) is 0 Å². The molecule has 27 heavy (non-hydrogen) atoms. The predicted molar refractivity (Wildman–Crippen MR) is 110 cm³/mol. The average Bonchev–Trinajstić information content (AvgIpc) is 2.71. The van der Waals surface area contributed by atoms with E-state index in [0.717, 1.165) is 52.8 Å². The first kappa shape index (κ1) is 17.3. The van der Waals surface area contributed by atoms with Crippen molar-refractivity contribution in [2.45, 2.75) is 38.1 Å². The lowest BCUT2D eigenvalue weighted by atomic mass is 9.94. The van der Waals surface area contributed by atoms with Gasteiger partial charge in [0, 0.05) is 6.04 Å². The first-order valence-corrected chi connectivity index (χ1v) is 9.59. The van der Waals surface area contributed by atoms with Gasteiger partial charge in [0.05, 0.1) is 0 Å². The highest BCUT2D eigenvalue weighted by atomic mass is 16.1. The molecule has 3 heteroatoms. The Hall–Kier alpha value is -3.12. The molecule has 3 aromatic carbocycles. The number of fused-ring (bicyclic) bond motifs is 2. The third-order valence-electron chi connectivity index (χ3n) is 5.41. The molecule has 0 saturated heterocycles. The fourth-order valence-electron chi connectivity index (χ4n) is 4.01. The fraction of sp³-hybridized carbons (Fsp3) is 0.250. The van der Waals surface area contributed by atoms with Crippen molar-refractivity contribution in [3.63, 3.8) is 0 Å². The van der Waals surface area contributed by atoms with E-state index in [9.17, 15) is 10.1 Å². The van der Waals surface area contributed by atoms with Gasteiger partial charge >= 0.3 is 0 Å². The van der Waals surface area contributed by atoms with Crippen LogP contribution in [-0.2, 0) is 4.79 Å². The zero-order valence-electron chi connectivity index (χ0n) is 15.2. The molecule has 0 heterocycles. The molecule has 134 valence electrons. The molecule has 3 nitrogen and oxygen atoms in total. The van der Waals surface area contributed by atoms with Gasteiger partial charge in [-0.2, -0.15) is 5.26 Å². The summed E-state index contributed by atoms with van der Waals surface area (Å²) < 4.78 is 0. The lowest BCUT2D eigenvalue weighted by Crippen LogP contribution is -2.36. The Balaban J connectivity index is 1.79. The van der Waals surface area contributed by atoms with E-state index in [-0.39, 0.29) is 17.5 Å². The molecule has 0 aromatic heterocycles. The number of benzene rings is 3. The van der Waals surface area contributed by atoms with Crippen LogP contribution in [0, 0.1) is 11.3 Å². The number of nitriles is 1. The molecule has 4 rings (SSSR count). The highest BCUT2D eigenvalue weighted by molar-refractivity contribution is 6.11. The van der Waals surface area contributed by atoms with Gasteiger partial charge in [-0.05, 0) is 52.1 Å². The number of nitrogens with one attached hydrogen (secondary N) is 1. The Bertz CT molecular complexity index is 1010. The second-order valence-electron chi connectivity index (χ2n) is 7.21. The summed E-state index contributed by atoms with van der Waals surface area (Å²) in [6, 6.07) is 20.7. The number of carbonyl (C=O) groups is 1. The minimum atomic E-state index is -0.263. The van der Waals surface area contributed by atoms with Crippen molar-refractivity contribution in [1.82, 2.24) is 5.32 Å². The molecular weight excluding hydrogens is 332 g/mol. The van der Waals surface area contributed by atoms with Crippen LogP contribution in [-0.4, -0.2) is 11.9 Å². The quantitative estimate of drug-likeness (QED) is 0.392. The van der Waals surface area contributed by atoms with E-state index in [2.05, 4.69) is 29.6 Å². The summed E-state index contributed by atoms with van der Waals surface area (Å²) in [7, 11) is 0. The molecule has 0 bridgehead atoms. The van der Waals surface area contributed by atoms with Crippen molar-refractivity contribution in [2.24, 2.45) is 0 Å². The first-order valence-electron chi connectivity index (χ1n) is 9.59. The maximum atomic E-state index is 12.7. The molecule has 0 aliphatic heterocycles. The van der Waals surface area contributed by atoms with E-state index in [1.165, 1.54) is 6.42 Å². The molecule has 0 radical (unpaired) electrons. The lowest BCUT2D eigenvalue weighted by Gasteiger charge is -2.22. The summed E-state index contributed by atoms with van der Waals surface area (Å²) in [6.07, 6.45) is 7.27. The minimum absolute atomic E-state index is 0.169. The van der Waals surface area contributed by atoms with Crippen molar-refractivity contribution < 1.29 is 4.79 Å². The zero-order valence-corrected chi connectivity index (χ0v) is 15.2. The predicted octanol–water partition coefficient (Wildman–Crippen LogP) is 5.35. The minimum Gasteiger partial charge on any atom is -0.349 e. The summed E-state index contributed by atoms with van der Waals surface area (Å²) in [5.74, 6) is -0.263. The number of nitrogens with zero attached hydrogens (tertiary/aromatic N) is 1. The topological polar surface area (TPSA) is 52.9 Å². The lowest BCUT2D eigenvalue weighted by molar-refractivity contribution is -0.117. The number of rotatable bonds is 3. The van der Waals surface area contributed by atoms with E-state index in [1.54, 1.807) is 6.08 Å². The number of carbonyl (C=O) groups excluding carboxylic acids is 1. The van der Waals surface area contributed by atoms with Crippen LogP contribution in [0.5, 0.6) is 0 Å². The molecule has 1 aliphatic carbocycles. The van der Waals surface area contributed by atoms with Gasteiger partial charge in [-0.3, -0.25) is 4.79 Å². The highest BCUT2D eigenvalue weighted by Crippen LogP contribution is 2.30.